The maximum absolute atomic E-state index is 12.1. The van der Waals surface area contributed by atoms with Crippen molar-refractivity contribution in [3.8, 4) is 5.75 Å². The second kappa shape index (κ2) is 8.61. The molecule has 0 saturated carbocycles. The van der Waals surface area contributed by atoms with Gasteiger partial charge in [0.25, 0.3) is 0 Å². The third kappa shape index (κ3) is 6.47. The quantitative estimate of drug-likeness (QED) is 0.661. The fourth-order valence-corrected chi connectivity index (χ4v) is 4.02. The Hall–Kier alpha value is -1.27. The molecule has 0 aliphatic rings. The molecule has 0 heterocycles. The van der Waals surface area contributed by atoms with E-state index in [1.165, 1.54) is 11.6 Å². The first-order valence-electron chi connectivity index (χ1n) is 8.21. The highest BCUT2D eigenvalue weighted by Crippen LogP contribution is 2.24. The summed E-state index contributed by atoms with van der Waals surface area (Å²) in [5.74, 6) is 0.501. The molecule has 1 N–H and O–H groups in total. The number of nitrogens with one attached hydrogen (secondary N) is 1. The van der Waals surface area contributed by atoms with E-state index in [1.807, 2.05) is 24.3 Å². The van der Waals surface area contributed by atoms with Gasteiger partial charge in [0.15, 0.2) is 0 Å². The summed E-state index contributed by atoms with van der Waals surface area (Å²) in [5, 5.41) is 0.799. The molecule has 0 spiro atoms. The third-order valence-corrected chi connectivity index (χ3v) is 5.70. The van der Waals surface area contributed by atoms with Crippen molar-refractivity contribution in [1.29, 1.82) is 0 Å². The average molecular weight is 416 g/mol. The molecule has 7 heteroatoms. The lowest BCUT2D eigenvalue weighted by atomic mass is 9.87. The molecule has 0 bridgehead atoms. The molecule has 0 aliphatic carbocycles. The lowest BCUT2D eigenvalue weighted by Gasteiger charge is -2.19. The van der Waals surface area contributed by atoms with E-state index in [9.17, 15) is 8.42 Å². The normalized spacial score (nSPS) is 12.2. The SMILES string of the molecule is CC(C)(C)c1ccc(OCCNS(=O)(=O)Cc2ccc(Cl)cc2Cl)cc1. The van der Waals surface area contributed by atoms with Gasteiger partial charge in [0.05, 0.1) is 5.75 Å². The highest BCUT2D eigenvalue weighted by Gasteiger charge is 2.15. The lowest BCUT2D eigenvalue weighted by Crippen LogP contribution is -2.29. The van der Waals surface area contributed by atoms with Crippen molar-refractivity contribution in [1.82, 2.24) is 4.72 Å². The molecule has 2 rings (SSSR count). The fraction of sp³-hybridized carbons (Fsp3) is 0.368. The molecule has 142 valence electrons. The Balaban J connectivity index is 1.83. The van der Waals surface area contributed by atoms with Crippen LogP contribution in [0.1, 0.15) is 31.9 Å². The highest BCUT2D eigenvalue weighted by molar-refractivity contribution is 7.88. The van der Waals surface area contributed by atoms with E-state index in [1.54, 1.807) is 12.1 Å². The van der Waals surface area contributed by atoms with Crippen LogP contribution >= 0.6 is 23.2 Å². The van der Waals surface area contributed by atoms with Crippen molar-refractivity contribution in [2.75, 3.05) is 13.2 Å². The van der Waals surface area contributed by atoms with Gasteiger partial charge in [-0.3, -0.25) is 0 Å². The second-order valence-electron chi connectivity index (χ2n) is 7.01. The molecule has 0 radical (unpaired) electrons. The minimum absolute atomic E-state index is 0.0805. The van der Waals surface area contributed by atoms with E-state index in [4.69, 9.17) is 27.9 Å². The van der Waals surface area contributed by atoms with Crippen LogP contribution < -0.4 is 9.46 Å². The van der Waals surface area contributed by atoms with E-state index in [0.717, 1.165) is 0 Å². The van der Waals surface area contributed by atoms with Crippen LogP contribution in [0.2, 0.25) is 10.0 Å². The lowest BCUT2D eigenvalue weighted by molar-refractivity contribution is 0.322. The van der Waals surface area contributed by atoms with Crippen molar-refractivity contribution in [2.45, 2.75) is 31.9 Å². The molecular formula is C19H23Cl2NO3S. The van der Waals surface area contributed by atoms with Gasteiger partial charge in [0.2, 0.25) is 10.0 Å². The molecule has 0 aromatic heterocycles. The van der Waals surface area contributed by atoms with Gasteiger partial charge in [-0.15, -0.1) is 0 Å². The first kappa shape index (κ1) is 21.0. The maximum Gasteiger partial charge on any atom is 0.215 e. The molecule has 0 amide bonds. The van der Waals surface area contributed by atoms with Crippen LogP contribution in [0.3, 0.4) is 0 Å². The average Bonchev–Trinajstić information content (AvgIpc) is 2.54. The Bertz CT molecular complexity index is 844. The number of sulfonamides is 1. The van der Waals surface area contributed by atoms with Gasteiger partial charge < -0.3 is 4.74 Å². The van der Waals surface area contributed by atoms with Crippen LogP contribution in [0.25, 0.3) is 0 Å². The molecule has 4 nitrogen and oxygen atoms in total. The summed E-state index contributed by atoms with van der Waals surface area (Å²) in [4.78, 5) is 0. The van der Waals surface area contributed by atoms with Crippen LogP contribution in [0.5, 0.6) is 5.75 Å². The maximum atomic E-state index is 12.1. The molecule has 2 aromatic rings. The molecule has 0 fully saturated rings. The summed E-state index contributed by atoms with van der Waals surface area (Å²) in [7, 11) is -3.51. The van der Waals surface area contributed by atoms with Gasteiger partial charge in [-0.2, -0.15) is 0 Å². The van der Waals surface area contributed by atoms with Gasteiger partial charge >= 0.3 is 0 Å². The smallest absolute Gasteiger partial charge is 0.215 e. The van der Waals surface area contributed by atoms with E-state index in [-0.39, 0.29) is 24.3 Å². The Morgan fingerprint density at radius 3 is 2.27 bits per heavy atom. The monoisotopic (exact) mass is 415 g/mol. The van der Waals surface area contributed by atoms with E-state index >= 15 is 0 Å². The molecule has 26 heavy (non-hydrogen) atoms. The fourth-order valence-electron chi connectivity index (χ4n) is 2.31. The van der Waals surface area contributed by atoms with Crippen molar-refractivity contribution < 1.29 is 13.2 Å². The number of benzene rings is 2. The van der Waals surface area contributed by atoms with Crippen LogP contribution in [-0.4, -0.2) is 21.6 Å². The van der Waals surface area contributed by atoms with E-state index < -0.39 is 10.0 Å². The summed E-state index contributed by atoms with van der Waals surface area (Å²) in [6, 6.07) is 12.6. The van der Waals surface area contributed by atoms with Crippen LogP contribution in [0, 0.1) is 0 Å². The minimum Gasteiger partial charge on any atom is -0.492 e. The van der Waals surface area contributed by atoms with Crippen molar-refractivity contribution in [3.63, 3.8) is 0 Å². The summed E-state index contributed by atoms with van der Waals surface area (Å²) in [5.41, 5.74) is 1.80. The van der Waals surface area contributed by atoms with Gasteiger partial charge in [0.1, 0.15) is 12.4 Å². The summed E-state index contributed by atoms with van der Waals surface area (Å²) >= 11 is 11.8. The number of halogens is 2. The van der Waals surface area contributed by atoms with Gasteiger partial charge in [-0.05, 0) is 40.8 Å². The molecule has 2 aromatic carbocycles. The zero-order valence-corrected chi connectivity index (χ0v) is 17.4. The molecule has 0 atom stereocenters. The van der Waals surface area contributed by atoms with E-state index in [0.29, 0.717) is 21.4 Å². The van der Waals surface area contributed by atoms with Crippen molar-refractivity contribution in [2.24, 2.45) is 0 Å². The highest BCUT2D eigenvalue weighted by atomic mass is 35.5. The van der Waals surface area contributed by atoms with Crippen LogP contribution in [0.4, 0.5) is 0 Å². The first-order valence-corrected chi connectivity index (χ1v) is 10.6. The van der Waals surface area contributed by atoms with Gasteiger partial charge in [0, 0.05) is 16.6 Å². The van der Waals surface area contributed by atoms with E-state index in [2.05, 4.69) is 25.5 Å². The topological polar surface area (TPSA) is 55.4 Å². The molecule has 0 aliphatic heterocycles. The zero-order valence-electron chi connectivity index (χ0n) is 15.1. The molecule has 0 unspecified atom stereocenters. The predicted octanol–water partition coefficient (Wildman–Crippen LogP) is 4.79. The number of ether oxygens (including phenoxy) is 1. The Kier molecular flexibility index (Phi) is 6.97. The Labute approximate surface area is 165 Å². The number of hydrogen-bond acceptors (Lipinski definition) is 3. The molecule has 0 saturated heterocycles. The molecular weight excluding hydrogens is 393 g/mol. The zero-order chi connectivity index (χ0) is 19.4. The Morgan fingerprint density at radius 1 is 1.04 bits per heavy atom. The number of hydrogen-bond donors (Lipinski definition) is 1. The summed E-state index contributed by atoms with van der Waals surface area (Å²) < 4.78 is 32.4. The predicted molar refractivity (Wildman–Crippen MR) is 108 cm³/mol. The van der Waals surface area contributed by atoms with Gasteiger partial charge in [-0.25, -0.2) is 13.1 Å². The largest absolute Gasteiger partial charge is 0.492 e. The van der Waals surface area contributed by atoms with Crippen molar-refractivity contribution >= 4 is 33.2 Å². The van der Waals surface area contributed by atoms with Crippen LogP contribution in [0.15, 0.2) is 42.5 Å². The summed E-state index contributed by atoms with van der Waals surface area (Å²) in [6.07, 6.45) is 0. The first-order chi connectivity index (χ1) is 12.1. The Morgan fingerprint density at radius 2 is 1.69 bits per heavy atom. The third-order valence-electron chi connectivity index (χ3n) is 3.77. The van der Waals surface area contributed by atoms with Gasteiger partial charge in [-0.1, -0.05) is 62.2 Å². The van der Waals surface area contributed by atoms with Crippen LogP contribution in [-0.2, 0) is 21.2 Å². The number of rotatable bonds is 7. The standard InChI is InChI=1S/C19H23Cl2NO3S/c1-19(2,3)15-5-8-17(9-6-15)25-11-10-22-26(23,24)13-14-4-7-16(20)12-18(14)21/h4-9,12,22H,10-11,13H2,1-3H3. The second-order valence-corrected chi connectivity index (χ2v) is 9.66. The summed E-state index contributed by atoms with van der Waals surface area (Å²) in [6.45, 7) is 6.84. The minimum atomic E-state index is -3.51. The van der Waals surface area contributed by atoms with Crippen molar-refractivity contribution in [3.05, 3.63) is 63.6 Å².